The van der Waals surface area contributed by atoms with Crippen molar-refractivity contribution in [2.45, 2.75) is 65.5 Å². The van der Waals surface area contributed by atoms with Gasteiger partial charge in [-0.15, -0.1) is 11.3 Å². The SMILES string of the molecule is CCc1sc2nc(Cl)nc(N3C(C)CCCC3C)c2c1-c1ccc(C)cc1. The van der Waals surface area contributed by atoms with E-state index in [0.29, 0.717) is 17.4 Å². The third-order valence-corrected chi connectivity index (χ3v) is 7.07. The highest BCUT2D eigenvalue weighted by molar-refractivity contribution is 7.19. The van der Waals surface area contributed by atoms with E-state index in [9.17, 15) is 0 Å². The van der Waals surface area contributed by atoms with Gasteiger partial charge < -0.3 is 4.90 Å². The molecular formula is C22H26ClN3S. The molecule has 1 aliphatic rings. The molecule has 2 unspecified atom stereocenters. The molecule has 0 saturated carbocycles. The number of hydrogen-bond donors (Lipinski definition) is 0. The number of hydrogen-bond acceptors (Lipinski definition) is 4. The monoisotopic (exact) mass is 399 g/mol. The fourth-order valence-electron chi connectivity index (χ4n) is 4.30. The van der Waals surface area contributed by atoms with Crippen LogP contribution in [0, 0.1) is 6.92 Å². The summed E-state index contributed by atoms with van der Waals surface area (Å²) >= 11 is 8.12. The number of benzene rings is 1. The van der Waals surface area contributed by atoms with E-state index in [0.717, 1.165) is 17.1 Å². The number of piperidine rings is 1. The lowest BCUT2D eigenvalue weighted by atomic mass is 9.95. The van der Waals surface area contributed by atoms with Crippen LogP contribution in [0.3, 0.4) is 0 Å². The van der Waals surface area contributed by atoms with Gasteiger partial charge in [0, 0.05) is 22.5 Å². The summed E-state index contributed by atoms with van der Waals surface area (Å²) in [4.78, 5) is 14.2. The van der Waals surface area contributed by atoms with Crippen molar-refractivity contribution in [1.82, 2.24) is 9.97 Å². The molecule has 0 amide bonds. The highest BCUT2D eigenvalue weighted by Gasteiger charge is 2.30. The summed E-state index contributed by atoms with van der Waals surface area (Å²) in [6.07, 6.45) is 4.64. The van der Waals surface area contributed by atoms with Gasteiger partial charge in [-0.2, -0.15) is 4.98 Å². The second kappa shape index (κ2) is 7.40. The summed E-state index contributed by atoms with van der Waals surface area (Å²) in [6.45, 7) is 8.94. The molecule has 4 rings (SSSR count). The Morgan fingerprint density at radius 1 is 1.11 bits per heavy atom. The van der Waals surface area contributed by atoms with Crippen molar-refractivity contribution < 1.29 is 0 Å². The first-order valence-corrected chi connectivity index (χ1v) is 11.0. The number of anilines is 1. The standard InChI is InChI=1S/C22H26ClN3S/c1-5-17-18(16-11-9-13(2)10-12-16)19-20(24-22(23)25-21(19)27-17)26-14(3)7-6-8-15(26)4/h9-12,14-15H,5-8H2,1-4H3. The van der Waals surface area contributed by atoms with E-state index in [4.69, 9.17) is 16.6 Å². The second-order valence-corrected chi connectivity index (χ2v) is 9.07. The van der Waals surface area contributed by atoms with E-state index in [1.165, 1.54) is 46.2 Å². The van der Waals surface area contributed by atoms with Gasteiger partial charge in [-0.1, -0.05) is 36.8 Å². The minimum atomic E-state index is 0.349. The molecule has 0 spiro atoms. The van der Waals surface area contributed by atoms with Crippen molar-refractivity contribution in [2.75, 3.05) is 4.90 Å². The Bertz CT molecular complexity index is 954. The maximum Gasteiger partial charge on any atom is 0.225 e. The zero-order valence-corrected chi connectivity index (χ0v) is 18.0. The smallest absolute Gasteiger partial charge is 0.225 e. The lowest BCUT2D eigenvalue weighted by Crippen LogP contribution is -2.44. The zero-order chi connectivity index (χ0) is 19.1. The summed E-state index contributed by atoms with van der Waals surface area (Å²) in [5.41, 5.74) is 3.80. The van der Waals surface area contributed by atoms with Crippen molar-refractivity contribution in [2.24, 2.45) is 0 Å². The van der Waals surface area contributed by atoms with Crippen LogP contribution in [0.5, 0.6) is 0 Å². The maximum atomic E-state index is 6.37. The van der Waals surface area contributed by atoms with Gasteiger partial charge in [0.2, 0.25) is 5.28 Å². The molecule has 1 fully saturated rings. The molecule has 0 aliphatic carbocycles. The first kappa shape index (κ1) is 18.7. The Morgan fingerprint density at radius 3 is 2.41 bits per heavy atom. The molecule has 0 N–H and O–H groups in total. The molecule has 27 heavy (non-hydrogen) atoms. The Morgan fingerprint density at radius 2 is 1.78 bits per heavy atom. The Labute approximate surface area is 170 Å². The zero-order valence-electron chi connectivity index (χ0n) is 16.4. The molecule has 3 heterocycles. The van der Waals surface area contributed by atoms with Gasteiger partial charge in [0.15, 0.2) is 0 Å². The van der Waals surface area contributed by atoms with Crippen LogP contribution in [0.4, 0.5) is 5.82 Å². The number of aromatic nitrogens is 2. The largest absolute Gasteiger partial charge is 0.351 e. The average Bonchev–Trinajstić information content (AvgIpc) is 3.00. The first-order chi connectivity index (χ1) is 13.0. The second-order valence-electron chi connectivity index (χ2n) is 7.65. The van der Waals surface area contributed by atoms with E-state index < -0.39 is 0 Å². The molecule has 2 aromatic heterocycles. The van der Waals surface area contributed by atoms with Gasteiger partial charge in [0.1, 0.15) is 10.6 Å². The van der Waals surface area contributed by atoms with E-state index in [2.05, 4.69) is 61.8 Å². The molecule has 2 atom stereocenters. The predicted octanol–water partition coefficient (Wildman–Crippen LogP) is 6.65. The summed E-state index contributed by atoms with van der Waals surface area (Å²) < 4.78 is 0. The summed E-state index contributed by atoms with van der Waals surface area (Å²) in [6, 6.07) is 9.72. The van der Waals surface area contributed by atoms with Crippen molar-refractivity contribution in [3.8, 4) is 11.1 Å². The highest BCUT2D eigenvalue weighted by atomic mass is 35.5. The summed E-state index contributed by atoms with van der Waals surface area (Å²) in [5.74, 6) is 1.01. The maximum absolute atomic E-state index is 6.37. The quantitative estimate of drug-likeness (QED) is 0.461. The summed E-state index contributed by atoms with van der Waals surface area (Å²) in [5, 5.41) is 1.52. The molecule has 1 saturated heterocycles. The van der Waals surface area contributed by atoms with Gasteiger partial charge in [0.25, 0.3) is 0 Å². The Kier molecular flexibility index (Phi) is 5.13. The van der Waals surface area contributed by atoms with Gasteiger partial charge in [-0.3, -0.25) is 0 Å². The van der Waals surface area contributed by atoms with Crippen LogP contribution in [-0.4, -0.2) is 22.1 Å². The van der Waals surface area contributed by atoms with E-state index in [1.807, 2.05) is 0 Å². The van der Waals surface area contributed by atoms with Gasteiger partial charge in [0.05, 0.1) is 5.39 Å². The number of nitrogens with zero attached hydrogens (tertiary/aromatic N) is 3. The van der Waals surface area contributed by atoms with Crippen LogP contribution in [-0.2, 0) is 6.42 Å². The van der Waals surface area contributed by atoms with E-state index in [1.54, 1.807) is 11.3 Å². The number of halogens is 1. The number of rotatable bonds is 3. The van der Waals surface area contributed by atoms with E-state index in [-0.39, 0.29) is 0 Å². The molecule has 3 aromatic rings. The highest BCUT2D eigenvalue weighted by Crippen LogP contribution is 2.44. The van der Waals surface area contributed by atoms with Crippen molar-refractivity contribution in [3.05, 3.63) is 40.0 Å². The topological polar surface area (TPSA) is 29.0 Å². The number of fused-ring (bicyclic) bond motifs is 1. The van der Waals surface area contributed by atoms with Crippen LogP contribution in [0.15, 0.2) is 24.3 Å². The third-order valence-electron chi connectivity index (χ3n) is 5.68. The molecule has 3 nitrogen and oxygen atoms in total. The molecule has 1 aromatic carbocycles. The number of thiophene rings is 1. The molecule has 1 aliphatic heterocycles. The normalized spacial score (nSPS) is 20.4. The van der Waals surface area contributed by atoms with Crippen LogP contribution in [0.25, 0.3) is 21.3 Å². The lowest BCUT2D eigenvalue weighted by molar-refractivity contribution is 0.412. The molecular weight excluding hydrogens is 374 g/mol. The summed E-state index contributed by atoms with van der Waals surface area (Å²) in [7, 11) is 0. The fraction of sp³-hybridized carbons (Fsp3) is 0.455. The minimum absolute atomic E-state index is 0.349. The average molecular weight is 400 g/mol. The van der Waals surface area contributed by atoms with Crippen LogP contribution in [0.2, 0.25) is 5.28 Å². The minimum Gasteiger partial charge on any atom is -0.351 e. The van der Waals surface area contributed by atoms with Crippen LogP contribution < -0.4 is 4.90 Å². The number of aryl methyl sites for hydroxylation is 2. The van der Waals surface area contributed by atoms with E-state index >= 15 is 0 Å². The Balaban J connectivity index is 2.01. The lowest BCUT2D eigenvalue weighted by Gasteiger charge is -2.40. The van der Waals surface area contributed by atoms with Crippen molar-refractivity contribution >= 4 is 39.0 Å². The molecule has 0 bridgehead atoms. The van der Waals surface area contributed by atoms with Crippen molar-refractivity contribution in [3.63, 3.8) is 0 Å². The molecule has 5 heteroatoms. The fourth-order valence-corrected chi connectivity index (χ4v) is 5.65. The third kappa shape index (κ3) is 3.34. The van der Waals surface area contributed by atoms with Crippen LogP contribution in [0.1, 0.15) is 50.5 Å². The molecule has 142 valence electrons. The first-order valence-electron chi connectivity index (χ1n) is 9.83. The van der Waals surface area contributed by atoms with Gasteiger partial charge in [-0.25, -0.2) is 4.98 Å². The Hall–Kier alpha value is -1.65. The predicted molar refractivity (Wildman–Crippen MR) is 117 cm³/mol. The van der Waals surface area contributed by atoms with Crippen LogP contribution >= 0.6 is 22.9 Å². The molecule has 0 radical (unpaired) electrons. The van der Waals surface area contributed by atoms with Crippen molar-refractivity contribution in [1.29, 1.82) is 0 Å². The van der Waals surface area contributed by atoms with Gasteiger partial charge >= 0.3 is 0 Å². The van der Waals surface area contributed by atoms with Gasteiger partial charge in [-0.05, 0) is 63.6 Å².